The lowest BCUT2D eigenvalue weighted by molar-refractivity contribution is -0.130. The van der Waals surface area contributed by atoms with Gasteiger partial charge in [0.15, 0.2) is 0 Å². The third-order valence-electron chi connectivity index (χ3n) is 3.04. The van der Waals surface area contributed by atoms with Gasteiger partial charge in [-0.2, -0.15) is 0 Å². The van der Waals surface area contributed by atoms with Gasteiger partial charge in [0.05, 0.1) is 5.92 Å². The van der Waals surface area contributed by atoms with Gasteiger partial charge in [-0.1, -0.05) is 20.3 Å². The fourth-order valence-electron chi connectivity index (χ4n) is 2.13. The molecule has 1 unspecified atom stereocenters. The molecule has 1 atom stereocenters. The first-order valence-electron chi connectivity index (χ1n) is 6.39. The highest BCUT2D eigenvalue weighted by molar-refractivity contribution is 5.78. The molecule has 0 aliphatic carbocycles. The van der Waals surface area contributed by atoms with Crippen LogP contribution in [-0.2, 0) is 4.79 Å². The molecule has 16 heavy (non-hydrogen) atoms. The number of hydrazine groups is 1. The van der Waals surface area contributed by atoms with E-state index in [9.17, 15) is 4.79 Å². The molecule has 1 fully saturated rings. The van der Waals surface area contributed by atoms with Crippen molar-refractivity contribution in [3.05, 3.63) is 0 Å². The van der Waals surface area contributed by atoms with E-state index in [2.05, 4.69) is 19.3 Å². The minimum atomic E-state index is -0.0399. The number of hydrogen-bond acceptors (Lipinski definition) is 3. The van der Waals surface area contributed by atoms with Gasteiger partial charge in [0, 0.05) is 19.6 Å². The normalized spacial score (nSPS) is 19.8. The molecule has 1 aliphatic heterocycles. The second-order valence-electron chi connectivity index (χ2n) is 5.09. The summed E-state index contributed by atoms with van der Waals surface area (Å²) in [5, 5.41) is 2.04. The maximum Gasteiger partial charge on any atom is 0.238 e. The van der Waals surface area contributed by atoms with Gasteiger partial charge in [0.1, 0.15) is 0 Å². The molecule has 1 saturated heterocycles. The summed E-state index contributed by atoms with van der Waals surface area (Å²) in [5.74, 6) is 0.570. The summed E-state index contributed by atoms with van der Waals surface area (Å²) in [6.45, 7) is 6.64. The number of rotatable bonds is 5. The molecular weight excluding hydrogens is 202 g/mol. The maximum atomic E-state index is 11.9. The Morgan fingerprint density at radius 3 is 2.44 bits per heavy atom. The minimum absolute atomic E-state index is 0.0399. The van der Waals surface area contributed by atoms with Gasteiger partial charge in [-0.15, -0.1) is 0 Å². The van der Waals surface area contributed by atoms with Crippen molar-refractivity contribution in [2.24, 2.45) is 17.6 Å². The highest BCUT2D eigenvalue weighted by atomic mass is 16.2. The Hall–Kier alpha value is -0.610. The number of nitrogens with two attached hydrogens (primary N) is 1. The summed E-state index contributed by atoms with van der Waals surface area (Å²) in [6, 6.07) is 0. The Bertz CT molecular complexity index is 212. The topological polar surface area (TPSA) is 58.4 Å². The Balaban J connectivity index is 2.35. The lowest BCUT2D eigenvalue weighted by Gasteiger charge is -2.29. The molecule has 0 spiro atoms. The van der Waals surface area contributed by atoms with E-state index in [0.29, 0.717) is 12.5 Å². The van der Waals surface area contributed by atoms with Gasteiger partial charge < -0.3 is 5.73 Å². The van der Waals surface area contributed by atoms with Crippen molar-refractivity contribution in [2.75, 3.05) is 19.6 Å². The average molecular weight is 227 g/mol. The van der Waals surface area contributed by atoms with Crippen molar-refractivity contribution < 1.29 is 4.79 Å². The number of nitrogens with one attached hydrogen (secondary N) is 1. The predicted octanol–water partition coefficient (Wildman–Crippen LogP) is 1.12. The van der Waals surface area contributed by atoms with Crippen LogP contribution >= 0.6 is 0 Å². The Kier molecular flexibility index (Phi) is 5.77. The van der Waals surface area contributed by atoms with Crippen molar-refractivity contribution in [3.8, 4) is 0 Å². The molecule has 1 heterocycles. The lowest BCUT2D eigenvalue weighted by Crippen LogP contribution is -2.48. The van der Waals surface area contributed by atoms with Crippen LogP contribution in [0.15, 0.2) is 0 Å². The Morgan fingerprint density at radius 2 is 1.94 bits per heavy atom. The molecule has 94 valence electrons. The molecule has 0 radical (unpaired) electrons. The van der Waals surface area contributed by atoms with E-state index in [-0.39, 0.29) is 11.8 Å². The summed E-state index contributed by atoms with van der Waals surface area (Å²) >= 11 is 0. The van der Waals surface area contributed by atoms with Gasteiger partial charge in [-0.25, -0.2) is 5.01 Å². The average Bonchev–Trinajstić information content (AvgIpc) is 2.26. The van der Waals surface area contributed by atoms with Crippen molar-refractivity contribution >= 4 is 5.91 Å². The third-order valence-corrected chi connectivity index (χ3v) is 3.04. The van der Waals surface area contributed by atoms with Crippen LogP contribution in [-0.4, -0.2) is 30.6 Å². The van der Waals surface area contributed by atoms with Crippen molar-refractivity contribution in [1.29, 1.82) is 0 Å². The van der Waals surface area contributed by atoms with Crippen LogP contribution in [0.2, 0.25) is 0 Å². The molecule has 0 aromatic carbocycles. The molecule has 4 heteroatoms. The molecule has 0 aromatic rings. The monoisotopic (exact) mass is 227 g/mol. The molecule has 1 rings (SSSR count). The van der Waals surface area contributed by atoms with E-state index in [1.54, 1.807) is 0 Å². The first kappa shape index (κ1) is 13.5. The van der Waals surface area contributed by atoms with Crippen molar-refractivity contribution in [3.63, 3.8) is 0 Å². The second-order valence-corrected chi connectivity index (χ2v) is 5.09. The minimum Gasteiger partial charge on any atom is -0.330 e. The summed E-state index contributed by atoms with van der Waals surface area (Å²) in [5.41, 5.74) is 8.64. The molecule has 0 saturated carbocycles. The molecular formula is C12H25N3O. The van der Waals surface area contributed by atoms with Crippen LogP contribution in [0.5, 0.6) is 0 Å². The zero-order valence-electron chi connectivity index (χ0n) is 10.5. The summed E-state index contributed by atoms with van der Waals surface area (Å²) in [6.07, 6.45) is 4.50. The van der Waals surface area contributed by atoms with Gasteiger partial charge >= 0.3 is 0 Å². The lowest BCUT2D eigenvalue weighted by atomic mass is 9.97. The summed E-state index contributed by atoms with van der Waals surface area (Å²) in [4.78, 5) is 11.9. The number of hydrogen-bond donors (Lipinski definition) is 2. The molecule has 1 aliphatic rings. The van der Waals surface area contributed by atoms with Crippen molar-refractivity contribution in [1.82, 2.24) is 10.4 Å². The molecule has 0 aromatic heterocycles. The number of nitrogens with zero attached hydrogens (tertiary/aromatic N) is 1. The van der Waals surface area contributed by atoms with Crippen molar-refractivity contribution in [2.45, 2.75) is 39.5 Å². The number of amides is 1. The Labute approximate surface area is 98.5 Å². The third kappa shape index (κ3) is 4.49. The molecule has 0 bridgehead atoms. The van der Waals surface area contributed by atoms with Crippen LogP contribution in [0.4, 0.5) is 0 Å². The zero-order chi connectivity index (χ0) is 12.0. The van der Waals surface area contributed by atoms with E-state index in [1.807, 2.05) is 5.01 Å². The molecule has 4 nitrogen and oxygen atoms in total. The number of carbonyl (C=O) groups excluding carboxylic acids is 1. The van der Waals surface area contributed by atoms with Crippen LogP contribution in [0.3, 0.4) is 0 Å². The van der Waals surface area contributed by atoms with E-state index >= 15 is 0 Å². The summed E-state index contributed by atoms with van der Waals surface area (Å²) < 4.78 is 0. The standard InChI is InChI=1S/C12H25N3O/c1-10(2)8-11(9-13)12(16)14-15-6-4-3-5-7-15/h10-11H,3-9,13H2,1-2H3,(H,14,16). The van der Waals surface area contributed by atoms with E-state index in [1.165, 1.54) is 19.3 Å². The van der Waals surface area contributed by atoms with Gasteiger partial charge in [-0.05, 0) is 25.2 Å². The number of carbonyl (C=O) groups is 1. The quantitative estimate of drug-likeness (QED) is 0.740. The first-order chi connectivity index (χ1) is 7.63. The largest absolute Gasteiger partial charge is 0.330 e. The van der Waals surface area contributed by atoms with Crippen LogP contribution < -0.4 is 11.2 Å². The van der Waals surface area contributed by atoms with Crippen LogP contribution in [0.1, 0.15) is 39.5 Å². The van der Waals surface area contributed by atoms with E-state index < -0.39 is 0 Å². The fourth-order valence-corrected chi connectivity index (χ4v) is 2.13. The van der Waals surface area contributed by atoms with Gasteiger partial charge in [0.25, 0.3) is 0 Å². The molecule has 3 N–H and O–H groups in total. The predicted molar refractivity (Wildman–Crippen MR) is 65.6 cm³/mol. The van der Waals surface area contributed by atoms with E-state index in [0.717, 1.165) is 19.5 Å². The van der Waals surface area contributed by atoms with Crippen LogP contribution in [0.25, 0.3) is 0 Å². The highest BCUT2D eigenvalue weighted by Crippen LogP contribution is 2.12. The fraction of sp³-hybridized carbons (Fsp3) is 0.917. The smallest absolute Gasteiger partial charge is 0.238 e. The zero-order valence-corrected chi connectivity index (χ0v) is 10.5. The summed E-state index contributed by atoms with van der Waals surface area (Å²) in [7, 11) is 0. The SMILES string of the molecule is CC(C)CC(CN)C(=O)NN1CCCCC1. The number of piperidine rings is 1. The van der Waals surface area contributed by atoms with Crippen LogP contribution in [0, 0.1) is 11.8 Å². The Morgan fingerprint density at radius 1 is 1.31 bits per heavy atom. The van der Waals surface area contributed by atoms with Gasteiger partial charge in [0.2, 0.25) is 5.91 Å². The highest BCUT2D eigenvalue weighted by Gasteiger charge is 2.20. The molecule has 1 amide bonds. The first-order valence-corrected chi connectivity index (χ1v) is 6.39. The van der Waals surface area contributed by atoms with E-state index in [4.69, 9.17) is 5.73 Å². The van der Waals surface area contributed by atoms with Gasteiger partial charge in [-0.3, -0.25) is 10.2 Å². The second kappa shape index (κ2) is 6.86. The maximum absolute atomic E-state index is 11.9.